The van der Waals surface area contributed by atoms with Gasteiger partial charge in [0.25, 0.3) is 0 Å². The lowest BCUT2D eigenvalue weighted by molar-refractivity contribution is -0.305. The maximum Gasteiger partial charge on any atom is 0.306 e. The number of esters is 1. The molecule has 8 atom stereocenters. The van der Waals surface area contributed by atoms with E-state index in [9.17, 15) is 35.1 Å². The molecule has 1 saturated heterocycles. The maximum absolute atomic E-state index is 13.4. The zero-order chi connectivity index (χ0) is 56.8. The summed E-state index contributed by atoms with van der Waals surface area (Å²) in [5, 5.41) is 57.0. The third-order valence-corrected chi connectivity index (χ3v) is 14.5. The summed E-state index contributed by atoms with van der Waals surface area (Å²) in [6.45, 7) is 5.65. The van der Waals surface area contributed by atoms with Crippen molar-refractivity contribution in [2.24, 2.45) is 0 Å². The van der Waals surface area contributed by atoms with Crippen LogP contribution in [0.5, 0.6) is 0 Å². The molecule has 0 saturated carbocycles. The quantitative estimate of drug-likeness (QED) is 0.0195. The van der Waals surface area contributed by atoms with Crippen molar-refractivity contribution in [1.82, 2.24) is 5.32 Å². The number of aliphatic hydroxyl groups excluding tert-OH is 5. The van der Waals surface area contributed by atoms with Gasteiger partial charge in [-0.2, -0.15) is 0 Å². The number of hydrogen-bond donors (Lipinski definition) is 6. The largest absolute Gasteiger partial charge is 0.454 e. The topological polar surface area (TPSA) is 175 Å². The standard InChI is InChI=1S/C67H117NO10/c1-4-7-10-13-16-19-22-25-26-27-28-29-30-31-32-33-34-35-37-39-42-45-48-51-54-60(71)66(75)68-58(59(70)53-50-47-44-41-38-24-21-18-15-12-9-6-3)57-76-67-65(64(74)63(73)61(56-69)77-67)78-62(72)55-52-49-46-43-40-36-23-20-17-14-11-8-5-2/h7,10,16,19,25-26,28-29,31-32,36,40,50,53,58-61,63-65,67,69-71,73-74H,4-6,8-9,11-15,17-18,20-24,27,30,33-35,37-39,41-49,51-52,54-57H2,1-3H3,(H,68,75)/b10-7-,19-16-,26-25-,29-28-,32-31-,40-36-,53-50+. The summed E-state index contributed by atoms with van der Waals surface area (Å²) in [5.74, 6) is -1.22. The van der Waals surface area contributed by atoms with Crippen LogP contribution in [0, 0.1) is 0 Å². The van der Waals surface area contributed by atoms with E-state index < -0.39 is 67.4 Å². The van der Waals surface area contributed by atoms with Gasteiger partial charge in [-0.3, -0.25) is 9.59 Å². The van der Waals surface area contributed by atoms with Gasteiger partial charge in [-0.1, -0.05) is 247 Å². The van der Waals surface area contributed by atoms with Crippen molar-refractivity contribution in [2.45, 2.75) is 314 Å². The van der Waals surface area contributed by atoms with Gasteiger partial charge in [0, 0.05) is 6.42 Å². The molecule has 0 spiro atoms. The van der Waals surface area contributed by atoms with Crippen LogP contribution >= 0.6 is 0 Å². The summed E-state index contributed by atoms with van der Waals surface area (Å²) < 4.78 is 17.6. The summed E-state index contributed by atoms with van der Waals surface area (Å²) in [6, 6.07) is -1.03. The first kappa shape index (κ1) is 72.9. The molecular weight excluding hydrogens is 979 g/mol. The zero-order valence-corrected chi connectivity index (χ0v) is 49.8. The van der Waals surface area contributed by atoms with E-state index in [0.717, 1.165) is 109 Å². The second-order valence-corrected chi connectivity index (χ2v) is 21.8. The first-order valence-electron chi connectivity index (χ1n) is 31.9. The monoisotopic (exact) mass is 1100 g/mol. The second kappa shape index (κ2) is 54.4. The van der Waals surface area contributed by atoms with Crippen molar-refractivity contribution in [3.63, 3.8) is 0 Å². The fourth-order valence-electron chi connectivity index (χ4n) is 9.50. The van der Waals surface area contributed by atoms with Crippen molar-refractivity contribution in [2.75, 3.05) is 13.2 Å². The summed E-state index contributed by atoms with van der Waals surface area (Å²) in [5.41, 5.74) is 0. The van der Waals surface area contributed by atoms with E-state index in [4.69, 9.17) is 14.2 Å². The third-order valence-electron chi connectivity index (χ3n) is 14.5. The Balaban J connectivity index is 2.64. The van der Waals surface area contributed by atoms with Crippen LogP contribution in [-0.4, -0.2) is 99.6 Å². The number of amides is 1. The molecule has 0 aromatic carbocycles. The van der Waals surface area contributed by atoms with Crippen LogP contribution in [0.1, 0.15) is 265 Å². The molecule has 0 aromatic heterocycles. The Hall–Kier alpha value is -3.16. The summed E-state index contributed by atoms with van der Waals surface area (Å²) in [4.78, 5) is 26.5. The molecule has 11 heteroatoms. The maximum atomic E-state index is 13.4. The summed E-state index contributed by atoms with van der Waals surface area (Å²) >= 11 is 0. The highest BCUT2D eigenvalue weighted by molar-refractivity contribution is 5.80. The molecule has 1 rings (SSSR count). The molecule has 6 N–H and O–H groups in total. The number of ether oxygens (including phenoxy) is 3. The minimum atomic E-state index is -1.62. The smallest absolute Gasteiger partial charge is 0.306 e. The SMILES string of the molecule is CC/C=C\C/C=C\C/C=C\C/C=C\C/C=C\CCCCCCCCCCC(O)C(=O)NC(COC1OC(CO)C(O)C(O)C1OC(=O)CCCCC/C=C\CCCCCCCC)C(O)/C=C/CCCCCCCCCCCC. The fourth-order valence-corrected chi connectivity index (χ4v) is 9.50. The first-order chi connectivity index (χ1) is 38.2. The number of unbranched alkanes of at least 4 members (excludes halogenated alkanes) is 27. The van der Waals surface area contributed by atoms with Gasteiger partial charge in [0.2, 0.25) is 5.91 Å². The summed E-state index contributed by atoms with van der Waals surface area (Å²) in [6.07, 6.45) is 60.5. The van der Waals surface area contributed by atoms with Gasteiger partial charge in [0.05, 0.1) is 25.4 Å². The molecular formula is C67H117NO10. The van der Waals surface area contributed by atoms with Crippen molar-refractivity contribution >= 4 is 11.9 Å². The van der Waals surface area contributed by atoms with Gasteiger partial charge in [-0.15, -0.1) is 0 Å². The molecule has 1 fully saturated rings. The minimum Gasteiger partial charge on any atom is -0.454 e. The van der Waals surface area contributed by atoms with Crippen LogP contribution in [0.4, 0.5) is 0 Å². The normalized spacial score (nSPS) is 19.5. The summed E-state index contributed by atoms with van der Waals surface area (Å²) in [7, 11) is 0. The second-order valence-electron chi connectivity index (χ2n) is 21.8. The molecule has 11 nitrogen and oxygen atoms in total. The van der Waals surface area contributed by atoms with Crippen molar-refractivity contribution in [3.05, 3.63) is 85.1 Å². The Labute approximate surface area is 476 Å². The predicted octanol–water partition coefficient (Wildman–Crippen LogP) is 15.3. The van der Waals surface area contributed by atoms with Gasteiger partial charge in [-0.05, 0) is 96.3 Å². The highest BCUT2D eigenvalue weighted by Crippen LogP contribution is 2.26. The van der Waals surface area contributed by atoms with Crippen LogP contribution in [0.25, 0.3) is 0 Å². The number of carbonyl (C=O) groups is 2. The van der Waals surface area contributed by atoms with E-state index in [2.05, 4.69) is 99.0 Å². The number of hydrogen-bond acceptors (Lipinski definition) is 10. The van der Waals surface area contributed by atoms with Crippen molar-refractivity contribution < 1.29 is 49.3 Å². The molecule has 1 aliphatic rings. The van der Waals surface area contributed by atoms with Crippen LogP contribution in [-0.2, 0) is 23.8 Å². The first-order valence-corrected chi connectivity index (χ1v) is 31.9. The molecule has 1 aliphatic heterocycles. The van der Waals surface area contributed by atoms with E-state index in [1.54, 1.807) is 6.08 Å². The molecule has 1 heterocycles. The van der Waals surface area contributed by atoms with Crippen molar-refractivity contribution in [3.8, 4) is 0 Å². The van der Waals surface area contributed by atoms with E-state index >= 15 is 0 Å². The van der Waals surface area contributed by atoms with Crippen molar-refractivity contribution in [1.29, 1.82) is 0 Å². The third kappa shape index (κ3) is 41.8. The average Bonchev–Trinajstić information content (AvgIpc) is 3.45. The lowest BCUT2D eigenvalue weighted by Crippen LogP contribution is -2.61. The molecule has 450 valence electrons. The Bertz CT molecular complexity index is 1590. The molecule has 0 aliphatic carbocycles. The van der Waals surface area contributed by atoms with Gasteiger partial charge in [-0.25, -0.2) is 0 Å². The number of nitrogens with one attached hydrogen (secondary N) is 1. The van der Waals surface area contributed by atoms with Gasteiger partial charge in [0.1, 0.15) is 24.4 Å². The Kier molecular flexibility index (Phi) is 50.8. The van der Waals surface area contributed by atoms with Crippen LogP contribution in [0.2, 0.25) is 0 Å². The Morgan fingerprint density at radius 2 is 0.923 bits per heavy atom. The molecule has 0 bridgehead atoms. The lowest BCUT2D eigenvalue weighted by atomic mass is 9.99. The van der Waals surface area contributed by atoms with E-state index in [-0.39, 0.29) is 19.4 Å². The van der Waals surface area contributed by atoms with E-state index in [1.807, 2.05) is 6.08 Å². The predicted molar refractivity (Wildman–Crippen MR) is 324 cm³/mol. The van der Waals surface area contributed by atoms with Gasteiger partial charge in [0.15, 0.2) is 12.4 Å². The van der Waals surface area contributed by atoms with Crippen LogP contribution in [0.3, 0.4) is 0 Å². The Morgan fingerprint density at radius 3 is 1.40 bits per heavy atom. The van der Waals surface area contributed by atoms with Crippen LogP contribution < -0.4 is 5.32 Å². The highest BCUT2D eigenvalue weighted by Gasteiger charge is 2.47. The average molecular weight is 1100 g/mol. The number of aliphatic hydroxyl groups is 5. The number of rotatable bonds is 53. The zero-order valence-electron chi connectivity index (χ0n) is 49.8. The fraction of sp³-hybridized carbons (Fsp3) is 0.761. The Morgan fingerprint density at radius 1 is 0.513 bits per heavy atom. The minimum absolute atomic E-state index is 0.100. The molecule has 0 radical (unpaired) electrons. The van der Waals surface area contributed by atoms with E-state index in [0.29, 0.717) is 12.8 Å². The van der Waals surface area contributed by atoms with Crippen LogP contribution in [0.15, 0.2) is 85.1 Å². The molecule has 78 heavy (non-hydrogen) atoms. The number of carbonyl (C=O) groups excluding carboxylic acids is 2. The lowest BCUT2D eigenvalue weighted by Gasteiger charge is -2.41. The molecule has 8 unspecified atom stereocenters. The molecule has 1 amide bonds. The van der Waals surface area contributed by atoms with Gasteiger partial charge >= 0.3 is 5.97 Å². The van der Waals surface area contributed by atoms with E-state index in [1.165, 1.54) is 109 Å². The highest BCUT2D eigenvalue weighted by atomic mass is 16.7. The number of allylic oxidation sites excluding steroid dienone is 13. The molecule has 0 aromatic rings. The van der Waals surface area contributed by atoms with Gasteiger partial charge < -0.3 is 45.1 Å².